The summed E-state index contributed by atoms with van der Waals surface area (Å²) in [5, 5.41) is 12.3. The number of carbonyl (C=O) groups is 4. The van der Waals surface area contributed by atoms with Crippen LogP contribution in [0.15, 0.2) is 184 Å². The molecule has 0 saturated carbocycles. The number of esters is 2. The molecule has 2 amide bonds. The minimum absolute atomic E-state index is 0.110. The molecule has 3 aliphatic rings. The molecule has 326 valence electrons. The van der Waals surface area contributed by atoms with Gasteiger partial charge in [-0.15, -0.1) is 34.9 Å². The van der Waals surface area contributed by atoms with Gasteiger partial charge in [0.1, 0.15) is 42.1 Å². The molecule has 3 aliphatic heterocycles. The molecule has 4 heterocycles. The van der Waals surface area contributed by atoms with Gasteiger partial charge >= 0.3 is 11.9 Å². The summed E-state index contributed by atoms with van der Waals surface area (Å²) >= 11 is 4.08. The second kappa shape index (κ2) is 19.4. The molecular formula is C50H41N5O7S3. The zero-order valence-corrected chi connectivity index (χ0v) is 37.3. The number of cyclic esters (lactones) is 1. The van der Waals surface area contributed by atoms with Gasteiger partial charge in [0.05, 0.1) is 0 Å². The number of hydrogen-bond donors (Lipinski definition) is 2. The first kappa shape index (κ1) is 43.3. The number of amides is 2. The monoisotopic (exact) mass is 919 g/mol. The van der Waals surface area contributed by atoms with Crippen molar-refractivity contribution in [3.63, 3.8) is 0 Å². The molecule has 12 nitrogen and oxygen atoms in total. The van der Waals surface area contributed by atoms with Crippen LogP contribution in [0.25, 0.3) is 0 Å². The Kier molecular flexibility index (Phi) is 13.0. The number of nitrogens with one attached hydrogen (secondary N) is 2. The Bertz CT molecular complexity index is 2650. The van der Waals surface area contributed by atoms with Gasteiger partial charge in [-0.25, -0.2) is 14.6 Å². The minimum atomic E-state index is -1.01. The molecule has 65 heavy (non-hydrogen) atoms. The fourth-order valence-electron chi connectivity index (χ4n) is 8.04. The number of fused-ring (bicyclic) bond motifs is 1. The standard InChI is InChI=1S/C50H41N5O7S3/c1-60-54-41(39-31-65-49(51-39)53-50(35-21-11-4-12-22-35,36-23-13-5-14-24-36)37-25-15-6-16-26-37)45(57)52-42-46(58)55-43(34(30-64-47(42)55)29-63-38-27-40(56)61-28-38)48(59)62-44(32-17-7-2-8-18-32)33-19-9-3-10-20-33/h2-27,31,42,44,47H,28-30H2,1H3,(H,51,53)(H,52,57)/b54-41-/t42-,47-/m1/s1. The Morgan fingerprint density at radius 3 is 1.92 bits per heavy atom. The maximum atomic E-state index is 14.5. The van der Waals surface area contributed by atoms with E-state index in [2.05, 4.69) is 52.2 Å². The number of β-lactam (4-membered cyclic amide) rings is 1. The van der Waals surface area contributed by atoms with Crippen LogP contribution in [-0.4, -0.2) is 76.0 Å². The second-order valence-electron chi connectivity index (χ2n) is 15.1. The number of anilines is 1. The molecule has 9 rings (SSSR count). The van der Waals surface area contributed by atoms with Crippen molar-refractivity contribution in [3.8, 4) is 0 Å². The molecular weight excluding hydrogens is 879 g/mol. The van der Waals surface area contributed by atoms with Gasteiger partial charge < -0.3 is 24.9 Å². The second-order valence-corrected chi connectivity index (χ2v) is 18.1. The van der Waals surface area contributed by atoms with E-state index < -0.39 is 46.8 Å². The highest BCUT2D eigenvalue weighted by molar-refractivity contribution is 8.03. The first-order valence-corrected chi connectivity index (χ1v) is 23.6. The largest absolute Gasteiger partial charge is 0.457 e. The van der Waals surface area contributed by atoms with Crippen molar-refractivity contribution in [1.29, 1.82) is 0 Å². The lowest BCUT2D eigenvalue weighted by Crippen LogP contribution is -2.71. The van der Waals surface area contributed by atoms with Gasteiger partial charge in [0, 0.05) is 27.9 Å². The first-order chi connectivity index (χ1) is 31.8. The van der Waals surface area contributed by atoms with E-state index in [0.717, 1.165) is 27.8 Å². The predicted molar refractivity (Wildman–Crippen MR) is 253 cm³/mol. The van der Waals surface area contributed by atoms with Crippen molar-refractivity contribution >= 4 is 69.5 Å². The lowest BCUT2D eigenvalue weighted by atomic mass is 9.77. The van der Waals surface area contributed by atoms with Gasteiger partial charge in [-0.1, -0.05) is 157 Å². The number of hydrogen-bond acceptors (Lipinski definition) is 13. The Hall–Kier alpha value is -6.94. The van der Waals surface area contributed by atoms with Crippen molar-refractivity contribution in [3.05, 3.63) is 213 Å². The molecule has 0 aliphatic carbocycles. The average Bonchev–Trinajstić information content (AvgIpc) is 4.01. The van der Waals surface area contributed by atoms with Crippen LogP contribution in [0.5, 0.6) is 0 Å². The van der Waals surface area contributed by atoms with Crippen molar-refractivity contribution in [2.45, 2.75) is 23.1 Å². The predicted octanol–water partition coefficient (Wildman–Crippen LogP) is 8.06. The summed E-state index contributed by atoms with van der Waals surface area (Å²) in [6, 6.07) is 48.0. The fraction of sp³-hybridized carbons (Fsp3) is 0.160. The van der Waals surface area contributed by atoms with Gasteiger partial charge in [-0.3, -0.25) is 14.5 Å². The summed E-state index contributed by atoms with van der Waals surface area (Å²) in [6.45, 7) is 0.142. The van der Waals surface area contributed by atoms with E-state index in [4.69, 9.17) is 19.3 Å². The number of thioether (sulfide) groups is 2. The van der Waals surface area contributed by atoms with Crippen LogP contribution in [0.2, 0.25) is 0 Å². The highest BCUT2D eigenvalue weighted by atomic mass is 32.2. The normalized spacial score (nSPS) is 17.2. The summed E-state index contributed by atoms with van der Waals surface area (Å²) in [7, 11) is 1.33. The molecule has 1 aromatic heterocycles. The quantitative estimate of drug-likeness (QED) is 0.0320. The zero-order chi connectivity index (χ0) is 44.8. The minimum Gasteiger partial charge on any atom is -0.457 e. The number of nitrogens with zero attached hydrogens (tertiary/aromatic N) is 3. The van der Waals surface area contributed by atoms with Crippen molar-refractivity contribution in [1.82, 2.24) is 15.2 Å². The number of aromatic nitrogens is 1. The average molecular weight is 920 g/mol. The fourth-order valence-corrected chi connectivity index (χ4v) is 11.2. The SMILES string of the molecule is CO/N=C(\C(=O)N[C@@H]1C(=O)N2C(C(=O)OC(c3ccccc3)c3ccccc3)=C(CSC3=CC(=O)OC3)CS[C@H]12)c1csc(NC(c2ccccc2)(c2ccccc2)c2ccccc2)n1. The molecule has 15 heteroatoms. The van der Waals surface area contributed by atoms with Gasteiger partial charge in [-0.05, 0) is 33.4 Å². The van der Waals surface area contributed by atoms with Crippen LogP contribution in [0, 0.1) is 0 Å². The molecule has 0 spiro atoms. The Balaban J connectivity index is 0.979. The van der Waals surface area contributed by atoms with E-state index in [1.54, 1.807) is 5.38 Å². The summed E-state index contributed by atoms with van der Waals surface area (Å²) < 4.78 is 11.4. The van der Waals surface area contributed by atoms with Gasteiger partial charge in [0.15, 0.2) is 16.9 Å². The van der Waals surface area contributed by atoms with Crippen LogP contribution < -0.4 is 10.6 Å². The van der Waals surface area contributed by atoms with Gasteiger partial charge in [0.25, 0.3) is 11.8 Å². The molecule has 2 atom stereocenters. The third-order valence-corrected chi connectivity index (χ3v) is 14.3. The highest BCUT2D eigenvalue weighted by Gasteiger charge is 2.55. The smallest absolute Gasteiger partial charge is 0.356 e. The van der Waals surface area contributed by atoms with E-state index >= 15 is 0 Å². The van der Waals surface area contributed by atoms with Crippen LogP contribution >= 0.6 is 34.9 Å². The molecule has 0 unspecified atom stereocenters. The van der Waals surface area contributed by atoms with Crippen LogP contribution in [0.1, 0.15) is 39.6 Å². The topological polar surface area (TPSA) is 149 Å². The molecule has 1 saturated heterocycles. The number of oxime groups is 1. The number of benzene rings is 5. The van der Waals surface area contributed by atoms with Crippen molar-refractivity contribution in [2.75, 3.05) is 30.5 Å². The number of rotatable bonds is 16. The van der Waals surface area contributed by atoms with E-state index in [1.807, 2.05) is 115 Å². The number of thiazole rings is 1. The van der Waals surface area contributed by atoms with E-state index in [-0.39, 0.29) is 23.7 Å². The van der Waals surface area contributed by atoms with Crippen LogP contribution in [0.4, 0.5) is 5.13 Å². The van der Waals surface area contributed by atoms with Gasteiger partial charge in [-0.2, -0.15) is 0 Å². The Morgan fingerprint density at radius 1 is 0.846 bits per heavy atom. The third kappa shape index (κ3) is 8.95. The lowest BCUT2D eigenvalue weighted by Gasteiger charge is -2.49. The zero-order valence-electron chi connectivity index (χ0n) is 34.9. The Morgan fingerprint density at radius 2 is 1.40 bits per heavy atom. The van der Waals surface area contributed by atoms with Gasteiger partial charge in [0.2, 0.25) is 0 Å². The molecule has 2 N–H and O–H groups in total. The van der Waals surface area contributed by atoms with Crippen molar-refractivity contribution in [2.24, 2.45) is 5.16 Å². The first-order valence-electron chi connectivity index (χ1n) is 20.6. The lowest BCUT2D eigenvalue weighted by molar-refractivity contribution is -0.154. The van der Waals surface area contributed by atoms with Crippen LogP contribution in [0.3, 0.4) is 0 Å². The maximum Gasteiger partial charge on any atom is 0.356 e. The summed E-state index contributed by atoms with van der Waals surface area (Å²) in [5.74, 6) is -1.62. The molecule has 0 bridgehead atoms. The summed E-state index contributed by atoms with van der Waals surface area (Å²) in [5.41, 5.74) is 4.45. The van der Waals surface area contributed by atoms with Crippen LogP contribution in [-0.2, 0) is 39.0 Å². The Labute approximate surface area is 387 Å². The number of carbonyl (C=O) groups excluding carboxylic acids is 4. The van der Waals surface area contributed by atoms with E-state index in [1.165, 1.54) is 52.9 Å². The molecule has 6 aromatic rings. The summed E-state index contributed by atoms with van der Waals surface area (Å²) in [6.07, 6.45) is 0.661. The molecule has 0 radical (unpaired) electrons. The highest BCUT2D eigenvalue weighted by Crippen LogP contribution is 2.44. The van der Waals surface area contributed by atoms with E-state index in [0.29, 0.717) is 27.1 Å². The molecule has 1 fully saturated rings. The molecule has 5 aromatic carbocycles. The third-order valence-electron chi connectivity index (χ3n) is 11.1. The van der Waals surface area contributed by atoms with Crippen molar-refractivity contribution < 1.29 is 33.5 Å². The maximum absolute atomic E-state index is 14.5. The number of ether oxygens (including phenoxy) is 2. The van der Waals surface area contributed by atoms with E-state index in [9.17, 15) is 19.2 Å². The summed E-state index contributed by atoms with van der Waals surface area (Å²) in [4.78, 5) is 67.0.